The van der Waals surface area contributed by atoms with E-state index in [0.29, 0.717) is 0 Å². The topological polar surface area (TPSA) is 114 Å². The predicted molar refractivity (Wildman–Crippen MR) is 62.7 cm³/mol. The van der Waals surface area contributed by atoms with Crippen molar-refractivity contribution in [2.75, 3.05) is 39.6 Å². The number of aliphatic hydroxyl groups excluding tert-OH is 3. The second-order valence-corrected chi connectivity index (χ2v) is 3.10. The fraction of sp³-hybridized carbons (Fsp3) is 1.00. The average Bonchev–Trinajstić information content (AvgIpc) is 2.30. The summed E-state index contributed by atoms with van der Waals surface area (Å²) in [5, 5.41) is 25.9. The molecule has 0 aromatic heterocycles. The minimum Gasteiger partial charge on any atom is -0.394 e. The van der Waals surface area contributed by atoms with E-state index in [1.807, 2.05) is 0 Å². The van der Waals surface area contributed by atoms with Gasteiger partial charge in [0.2, 0.25) is 0 Å². The number of nitrogens with two attached hydrogens (primary N) is 1. The Morgan fingerprint density at radius 2 is 1.41 bits per heavy atom. The first kappa shape index (κ1) is 19.4. The van der Waals surface area contributed by atoms with Crippen LogP contribution in [0.25, 0.3) is 0 Å². The number of ether oxygens (including phenoxy) is 3. The molecule has 0 aromatic rings. The van der Waals surface area contributed by atoms with E-state index in [1.165, 1.54) is 0 Å². The van der Waals surface area contributed by atoms with Gasteiger partial charge in [-0.3, -0.25) is 5.73 Å². The molecule has 7 nitrogen and oxygen atoms in total. The minimum absolute atomic E-state index is 0. The molecule has 1 unspecified atom stereocenters. The van der Waals surface area contributed by atoms with Crippen LogP contribution in [0.1, 0.15) is 6.92 Å². The molecule has 0 bridgehead atoms. The van der Waals surface area contributed by atoms with Gasteiger partial charge in [0.15, 0.2) is 0 Å². The molecular formula is C9H22ClNO6. The average molecular weight is 276 g/mol. The lowest BCUT2D eigenvalue weighted by molar-refractivity contribution is -0.290. The first-order chi connectivity index (χ1) is 7.60. The molecule has 0 radical (unpaired) electrons. The molecule has 0 aromatic carbocycles. The van der Waals surface area contributed by atoms with Crippen molar-refractivity contribution >= 4 is 12.4 Å². The van der Waals surface area contributed by atoms with E-state index in [9.17, 15) is 0 Å². The summed E-state index contributed by atoms with van der Waals surface area (Å²) in [6.45, 7) is 1.17. The highest BCUT2D eigenvalue weighted by Gasteiger charge is 2.35. The van der Waals surface area contributed by atoms with Gasteiger partial charge in [-0.25, -0.2) is 0 Å². The van der Waals surface area contributed by atoms with Gasteiger partial charge in [-0.15, -0.1) is 12.4 Å². The number of hydrogen-bond donors (Lipinski definition) is 4. The summed E-state index contributed by atoms with van der Waals surface area (Å²) in [4.78, 5) is 0. The van der Waals surface area contributed by atoms with Crippen molar-refractivity contribution in [1.29, 1.82) is 0 Å². The van der Waals surface area contributed by atoms with Gasteiger partial charge < -0.3 is 29.5 Å². The predicted octanol–water partition coefficient (Wildman–Crippen LogP) is -1.56. The summed E-state index contributed by atoms with van der Waals surface area (Å²) in [7, 11) is 0. The van der Waals surface area contributed by atoms with Crippen LogP contribution >= 0.6 is 12.4 Å². The van der Waals surface area contributed by atoms with Gasteiger partial charge >= 0.3 is 0 Å². The Hall–Kier alpha value is 0.01000. The highest BCUT2D eigenvalue weighted by Crippen LogP contribution is 2.14. The van der Waals surface area contributed by atoms with Crippen LogP contribution in [0.3, 0.4) is 0 Å². The highest BCUT2D eigenvalue weighted by atomic mass is 35.5. The van der Waals surface area contributed by atoms with Gasteiger partial charge in [-0.05, 0) is 6.92 Å². The molecule has 0 saturated carbocycles. The zero-order valence-electron chi connectivity index (χ0n) is 9.87. The molecule has 0 rings (SSSR count). The number of halogens is 1. The smallest absolute Gasteiger partial charge is 0.252 e. The maximum absolute atomic E-state index is 8.65. The molecule has 0 saturated heterocycles. The van der Waals surface area contributed by atoms with Crippen molar-refractivity contribution in [1.82, 2.24) is 0 Å². The summed E-state index contributed by atoms with van der Waals surface area (Å²) in [6, 6.07) is 0. The maximum atomic E-state index is 8.65. The lowest BCUT2D eigenvalue weighted by Gasteiger charge is -2.34. The molecule has 0 spiro atoms. The zero-order chi connectivity index (χ0) is 12.4. The monoisotopic (exact) mass is 275 g/mol. The van der Waals surface area contributed by atoms with Gasteiger partial charge in [0.05, 0.1) is 39.6 Å². The summed E-state index contributed by atoms with van der Waals surface area (Å²) < 4.78 is 15.4. The SMILES string of the molecule is CC(OCCO)C(N)(OCCO)OCCO.Cl. The minimum atomic E-state index is -1.54. The molecule has 106 valence electrons. The highest BCUT2D eigenvalue weighted by molar-refractivity contribution is 5.85. The molecule has 1 atom stereocenters. The Kier molecular flexibility index (Phi) is 12.7. The number of hydrogen-bond acceptors (Lipinski definition) is 7. The molecule has 0 aliphatic rings. The van der Waals surface area contributed by atoms with E-state index in [-0.39, 0.29) is 52.0 Å². The molecule has 5 N–H and O–H groups in total. The third-order valence-electron chi connectivity index (χ3n) is 1.86. The Morgan fingerprint density at radius 3 is 1.76 bits per heavy atom. The Balaban J connectivity index is 0. The molecule has 0 aliphatic carbocycles. The third kappa shape index (κ3) is 7.85. The van der Waals surface area contributed by atoms with Gasteiger partial charge in [0.25, 0.3) is 5.91 Å². The van der Waals surface area contributed by atoms with E-state index in [0.717, 1.165) is 0 Å². The second kappa shape index (κ2) is 11.1. The summed E-state index contributed by atoms with van der Waals surface area (Å²) in [5.41, 5.74) is 5.78. The fourth-order valence-electron chi connectivity index (χ4n) is 1.03. The lowest BCUT2D eigenvalue weighted by Crippen LogP contribution is -2.56. The van der Waals surface area contributed by atoms with Gasteiger partial charge in [0, 0.05) is 0 Å². The molecule has 0 aliphatic heterocycles. The van der Waals surface area contributed by atoms with Crippen LogP contribution in [-0.4, -0.2) is 67.0 Å². The van der Waals surface area contributed by atoms with E-state index < -0.39 is 12.0 Å². The molecular weight excluding hydrogens is 254 g/mol. The van der Waals surface area contributed by atoms with Crippen LogP contribution in [0.5, 0.6) is 0 Å². The molecule has 0 heterocycles. The summed E-state index contributed by atoms with van der Waals surface area (Å²) >= 11 is 0. The molecule has 0 amide bonds. The summed E-state index contributed by atoms with van der Waals surface area (Å²) in [6.07, 6.45) is -0.641. The first-order valence-corrected chi connectivity index (χ1v) is 5.11. The van der Waals surface area contributed by atoms with Crippen molar-refractivity contribution < 1.29 is 29.5 Å². The van der Waals surface area contributed by atoms with E-state index in [1.54, 1.807) is 6.92 Å². The summed E-state index contributed by atoms with van der Waals surface area (Å²) in [5.74, 6) is -1.54. The van der Waals surface area contributed by atoms with Crippen molar-refractivity contribution in [2.24, 2.45) is 5.73 Å². The Morgan fingerprint density at radius 1 is 1.00 bits per heavy atom. The van der Waals surface area contributed by atoms with Crippen molar-refractivity contribution in [3.8, 4) is 0 Å². The standard InChI is InChI=1S/C9H21NO6.ClH/c1-8(14-5-2-11)9(10,15-6-3-12)16-7-4-13;/h8,11-13H,2-7,10H2,1H3;1H. The molecule has 17 heavy (non-hydrogen) atoms. The van der Waals surface area contributed by atoms with Crippen LogP contribution in [-0.2, 0) is 14.2 Å². The van der Waals surface area contributed by atoms with Crippen LogP contribution < -0.4 is 5.73 Å². The van der Waals surface area contributed by atoms with Crippen LogP contribution in [0.4, 0.5) is 0 Å². The number of rotatable bonds is 10. The van der Waals surface area contributed by atoms with Crippen LogP contribution in [0.2, 0.25) is 0 Å². The Bertz CT molecular complexity index is 166. The van der Waals surface area contributed by atoms with Crippen molar-refractivity contribution in [3.05, 3.63) is 0 Å². The normalized spacial score (nSPS) is 13.2. The number of aliphatic hydroxyl groups is 3. The zero-order valence-corrected chi connectivity index (χ0v) is 10.7. The molecule has 0 fully saturated rings. The maximum Gasteiger partial charge on any atom is 0.252 e. The van der Waals surface area contributed by atoms with Gasteiger partial charge in [0.1, 0.15) is 6.10 Å². The van der Waals surface area contributed by atoms with E-state index in [4.69, 9.17) is 35.3 Å². The fourth-order valence-corrected chi connectivity index (χ4v) is 1.03. The second-order valence-electron chi connectivity index (χ2n) is 3.10. The largest absolute Gasteiger partial charge is 0.394 e. The van der Waals surface area contributed by atoms with Gasteiger partial charge in [-0.2, -0.15) is 0 Å². The van der Waals surface area contributed by atoms with Crippen LogP contribution in [0, 0.1) is 0 Å². The quantitative estimate of drug-likeness (QED) is 0.356. The van der Waals surface area contributed by atoms with Crippen molar-refractivity contribution in [2.45, 2.75) is 18.9 Å². The van der Waals surface area contributed by atoms with Crippen LogP contribution in [0.15, 0.2) is 0 Å². The first-order valence-electron chi connectivity index (χ1n) is 5.11. The van der Waals surface area contributed by atoms with Crippen molar-refractivity contribution in [3.63, 3.8) is 0 Å². The lowest BCUT2D eigenvalue weighted by atomic mass is 10.3. The Labute approximate surface area is 107 Å². The van der Waals surface area contributed by atoms with E-state index in [2.05, 4.69) is 0 Å². The molecule has 8 heteroatoms. The third-order valence-corrected chi connectivity index (χ3v) is 1.86. The van der Waals surface area contributed by atoms with Gasteiger partial charge in [-0.1, -0.05) is 0 Å². The van der Waals surface area contributed by atoms with E-state index >= 15 is 0 Å².